The fourth-order valence-electron chi connectivity index (χ4n) is 6.98. The molecule has 1 aromatic heterocycles. The predicted molar refractivity (Wildman–Crippen MR) is 221 cm³/mol. The highest BCUT2D eigenvalue weighted by Crippen LogP contribution is 2.41. The lowest BCUT2D eigenvalue weighted by molar-refractivity contribution is -0.119. The number of amides is 2. The van der Waals surface area contributed by atoms with Crippen LogP contribution in [0, 0.1) is 5.92 Å². The lowest BCUT2D eigenvalue weighted by atomic mass is 9.90. The zero-order chi connectivity index (χ0) is 41.4. The number of para-hydroxylation sites is 1. The van der Waals surface area contributed by atoms with Crippen LogP contribution in [-0.4, -0.2) is 103 Å². The van der Waals surface area contributed by atoms with Crippen LogP contribution in [0.1, 0.15) is 85.1 Å². The van der Waals surface area contributed by atoms with E-state index in [9.17, 15) is 19.2 Å². The van der Waals surface area contributed by atoms with E-state index in [-0.39, 0.29) is 48.8 Å². The summed E-state index contributed by atoms with van der Waals surface area (Å²) in [5.74, 6) is -0.229. The maximum Gasteiger partial charge on any atom is 0.407 e. The number of aromatic nitrogens is 3. The first kappa shape index (κ1) is 45.2. The number of anilines is 1. The number of hydrogen-bond acceptors (Lipinski definition) is 11. The molecule has 3 N–H and O–H groups in total. The number of fused-ring (bicyclic) bond motifs is 5. The van der Waals surface area contributed by atoms with Crippen molar-refractivity contribution in [3.05, 3.63) is 54.1 Å². The van der Waals surface area contributed by atoms with Gasteiger partial charge in [-0.25, -0.2) is 9.48 Å². The van der Waals surface area contributed by atoms with Gasteiger partial charge in [0.05, 0.1) is 48.3 Å². The van der Waals surface area contributed by atoms with Gasteiger partial charge in [-0.2, -0.15) is 0 Å². The Kier molecular flexibility index (Phi) is 17.3. The number of unbranched alkanes of at least 4 members (excludes halogenated alkanes) is 1. The van der Waals surface area contributed by atoms with Crippen LogP contribution < -0.4 is 20.9 Å². The third-order valence-electron chi connectivity index (χ3n) is 10.9. The van der Waals surface area contributed by atoms with E-state index in [0.29, 0.717) is 51.3 Å². The van der Waals surface area contributed by atoms with Gasteiger partial charge in [-0.1, -0.05) is 54.6 Å². The van der Waals surface area contributed by atoms with Gasteiger partial charge in [0.2, 0.25) is 5.91 Å². The average Bonchev–Trinajstić information content (AvgIpc) is 3.61. The van der Waals surface area contributed by atoms with Crippen LogP contribution >= 0.6 is 0 Å². The molecule has 2 amide bonds. The van der Waals surface area contributed by atoms with Gasteiger partial charge in [0.15, 0.2) is 0 Å². The second kappa shape index (κ2) is 21.9. The van der Waals surface area contributed by atoms with E-state index in [1.54, 1.807) is 30.7 Å². The summed E-state index contributed by atoms with van der Waals surface area (Å²) < 4.78 is 19.0. The van der Waals surface area contributed by atoms with E-state index in [0.717, 1.165) is 60.0 Å². The average molecular weight is 790 g/mol. The van der Waals surface area contributed by atoms with Crippen LogP contribution in [0.25, 0.3) is 22.5 Å². The molecular formula is C43H63N7O7. The fourth-order valence-corrected chi connectivity index (χ4v) is 6.98. The molecular weight excluding hydrogens is 727 g/mol. The van der Waals surface area contributed by atoms with Crippen LogP contribution in [0.3, 0.4) is 0 Å². The van der Waals surface area contributed by atoms with Crippen LogP contribution in [0.4, 0.5) is 10.5 Å². The molecule has 14 nitrogen and oxygen atoms in total. The number of likely N-dealkylation sites (N-methyl/N-ethyl adjacent to an activating group) is 1. The maximum absolute atomic E-state index is 14.0. The standard InChI is InChI=1S/C43H63N7O7/c1-8-43(5,57-25-21-42(3,4)55-7)27-32(30-51)28-45-23-20-38(53)49-29-33-15-9-10-16-34(33)40-39(35-17-11-12-19-37(35)49)47-48-50(40)24-26-56-41(54)46-22-14-13-18-36(44-6)31(2)52/h9-12,15-17,19,30,32,36,44-45H,8,13-14,18,20-29H2,1-7H3,(H,46,54). The minimum absolute atomic E-state index is 0.0640. The van der Waals surface area contributed by atoms with Crippen molar-refractivity contribution < 1.29 is 33.4 Å². The molecule has 0 saturated heterocycles. The van der Waals surface area contributed by atoms with Crippen molar-refractivity contribution in [2.24, 2.45) is 5.92 Å². The number of alkyl carbamates (subject to hydrolysis) is 1. The van der Waals surface area contributed by atoms with Crippen LogP contribution in [-0.2, 0) is 41.7 Å². The number of carbonyl (C=O) groups excluding carboxylic acids is 4. The van der Waals surface area contributed by atoms with Crippen molar-refractivity contribution in [3.63, 3.8) is 0 Å². The van der Waals surface area contributed by atoms with Gasteiger partial charge in [0, 0.05) is 50.2 Å². The number of ketones is 1. The monoisotopic (exact) mass is 789 g/mol. The summed E-state index contributed by atoms with van der Waals surface area (Å²) in [5, 5.41) is 18.2. The molecule has 1 aliphatic heterocycles. The molecule has 0 fully saturated rings. The van der Waals surface area contributed by atoms with Gasteiger partial charge in [-0.05, 0) is 84.9 Å². The molecule has 0 saturated carbocycles. The highest BCUT2D eigenvalue weighted by Gasteiger charge is 2.31. The molecule has 4 rings (SSSR count). The van der Waals surface area contributed by atoms with Crippen LogP contribution in [0.5, 0.6) is 0 Å². The van der Waals surface area contributed by atoms with Crippen molar-refractivity contribution in [2.45, 2.75) is 110 Å². The van der Waals surface area contributed by atoms with Crippen LogP contribution in [0.15, 0.2) is 48.5 Å². The highest BCUT2D eigenvalue weighted by molar-refractivity contribution is 6.00. The number of nitrogens with zero attached hydrogens (tertiary/aromatic N) is 4. The molecule has 3 unspecified atom stereocenters. The molecule has 0 aliphatic carbocycles. The summed E-state index contributed by atoms with van der Waals surface area (Å²) in [6.07, 6.45) is 5.00. The second-order valence-corrected chi connectivity index (χ2v) is 15.6. The van der Waals surface area contributed by atoms with E-state index in [2.05, 4.69) is 33.2 Å². The quantitative estimate of drug-likeness (QED) is 0.0751. The number of methoxy groups -OCH3 is 1. The zero-order valence-electron chi connectivity index (χ0n) is 34.9. The smallest absolute Gasteiger partial charge is 0.407 e. The van der Waals surface area contributed by atoms with Crippen molar-refractivity contribution in [1.82, 2.24) is 30.9 Å². The Bertz CT molecular complexity index is 1780. The van der Waals surface area contributed by atoms with Gasteiger partial charge in [0.1, 0.15) is 24.4 Å². The van der Waals surface area contributed by atoms with Crippen molar-refractivity contribution in [2.75, 3.05) is 51.9 Å². The van der Waals surface area contributed by atoms with Gasteiger partial charge in [-0.15, -0.1) is 5.10 Å². The minimum Gasteiger partial charge on any atom is -0.448 e. The normalized spacial score (nSPS) is 14.5. The number of ether oxygens (including phenoxy) is 3. The first-order chi connectivity index (χ1) is 27.3. The Morgan fingerprint density at radius 2 is 1.74 bits per heavy atom. The molecule has 57 heavy (non-hydrogen) atoms. The first-order valence-corrected chi connectivity index (χ1v) is 20.2. The Balaban J connectivity index is 1.38. The summed E-state index contributed by atoms with van der Waals surface area (Å²) in [6.45, 7) is 12.3. The Morgan fingerprint density at radius 1 is 1.00 bits per heavy atom. The van der Waals surface area contributed by atoms with Gasteiger partial charge in [0.25, 0.3) is 0 Å². The minimum atomic E-state index is -0.517. The predicted octanol–water partition coefficient (Wildman–Crippen LogP) is 5.72. The number of rotatable bonds is 24. The molecule has 2 aromatic carbocycles. The molecule has 1 aliphatic rings. The molecule has 0 radical (unpaired) electrons. The summed E-state index contributed by atoms with van der Waals surface area (Å²) in [5.41, 5.74) is 3.99. The molecule has 3 aromatic rings. The number of hydrogen-bond donors (Lipinski definition) is 3. The van der Waals surface area contributed by atoms with E-state index in [1.807, 2.05) is 69.3 Å². The third-order valence-corrected chi connectivity index (χ3v) is 10.9. The van der Waals surface area contributed by atoms with Gasteiger partial charge >= 0.3 is 6.09 Å². The molecule has 312 valence electrons. The van der Waals surface area contributed by atoms with Crippen molar-refractivity contribution >= 4 is 29.8 Å². The van der Waals surface area contributed by atoms with Gasteiger partial charge in [-0.3, -0.25) is 9.59 Å². The van der Waals surface area contributed by atoms with Crippen molar-refractivity contribution in [1.29, 1.82) is 0 Å². The number of nitrogens with one attached hydrogen (secondary N) is 3. The molecule has 0 spiro atoms. The Morgan fingerprint density at radius 3 is 2.44 bits per heavy atom. The second-order valence-electron chi connectivity index (χ2n) is 15.6. The van der Waals surface area contributed by atoms with Crippen LogP contribution in [0.2, 0.25) is 0 Å². The SMILES string of the molecule is CCC(C)(CC(C=O)CNCCC(=O)N1Cc2ccccc2-c2c(nnn2CCOC(=O)NCCCCC(NC)C(C)=O)-c2ccccc21)OCCC(C)(C)OC. The first-order valence-electron chi connectivity index (χ1n) is 20.2. The maximum atomic E-state index is 14.0. The lowest BCUT2D eigenvalue weighted by Gasteiger charge is -2.33. The van der Waals surface area contributed by atoms with Gasteiger partial charge < -0.3 is 39.9 Å². The number of aldehydes is 1. The summed E-state index contributed by atoms with van der Waals surface area (Å²) >= 11 is 0. The summed E-state index contributed by atoms with van der Waals surface area (Å²) in [6, 6.07) is 15.4. The largest absolute Gasteiger partial charge is 0.448 e. The fraction of sp³-hybridized carbons (Fsp3) is 0.581. The molecule has 2 heterocycles. The molecule has 3 atom stereocenters. The molecule has 0 bridgehead atoms. The van der Waals surface area contributed by atoms with Crippen molar-refractivity contribution in [3.8, 4) is 22.5 Å². The Labute approximate surface area is 337 Å². The van der Waals surface area contributed by atoms with E-state index >= 15 is 0 Å². The summed E-state index contributed by atoms with van der Waals surface area (Å²) in [7, 11) is 3.47. The summed E-state index contributed by atoms with van der Waals surface area (Å²) in [4.78, 5) is 52.0. The highest BCUT2D eigenvalue weighted by atomic mass is 16.5. The number of benzene rings is 2. The number of carbonyl (C=O) groups is 4. The topological polar surface area (TPSA) is 166 Å². The van der Waals surface area contributed by atoms with E-state index in [4.69, 9.17) is 14.2 Å². The van der Waals surface area contributed by atoms with E-state index < -0.39 is 11.7 Å². The Hall–Kier alpha value is -4.50. The third kappa shape index (κ3) is 13.0. The lowest BCUT2D eigenvalue weighted by Crippen LogP contribution is -2.38. The van der Waals surface area contributed by atoms with E-state index in [1.165, 1.54) is 0 Å². The molecule has 14 heteroatoms. The zero-order valence-corrected chi connectivity index (χ0v) is 34.9. The number of Topliss-reactive ketones (excluding diaryl/α,β-unsaturated/α-hetero) is 1.